The molecule has 0 aliphatic heterocycles. The van der Waals surface area contributed by atoms with Crippen molar-refractivity contribution in [2.45, 2.75) is 0 Å². The van der Waals surface area contributed by atoms with Crippen LogP contribution in [0.3, 0.4) is 0 Å². The van der Waals surface area contributed by atoms with Crippen LogP contribution < -0.4 is 14.9 Å². The summed E-state index contributed by atoms with van der Waals surface area (Å²) < 4.78 is 10.4. The summed E-state index contributed by atoms with van der Waals surface area (Å²) in [4.78, 5) is 34.1. The third-order valence-corrected chi connectivity index (χ3v) is 4.13. The Kier molecular flexibility index (Phi) is 8.02. The Bertz CT molecular complexity index is 1170. The minimum absolute atomic E-state index is 0.00891. The number of ether oxygens (including phenoxy) is 2. The van der Waals surface area contributed by atoms with Gasteiger partial charge in [-0.15, -0.1) is 0 Å². The maximum Gasteiger partial charge on any atom is 0.336 e. The van der Waals surface area contributed by atoms with Gasteiger partial charge >= 0.3 is 11.7 Å². The fraction of sp³-hybridized carbons (Fsp3) is 0.0417. The van der Waals surface area contributed by atoms with E-state index in [1.54, 1.807) is 36.4 Å². The molecule has 0 unspecified atom stereocenters. The lowest BCUT2D eigenvalue weighted by Gasteiger charge is -2.05. The summed E-state index contributed by atoms with van der Waals surface area (Å²) in [6, 6.07) is 21.6. The molecule has 9 heteroatoms. The van der Waals surface area contributed by atoms with Crippen molar-refractivity contribution in [3.8, 4) is 11.5 Å². The first-order valence-corrected chi connectivity index (χ1v) is 9.74. The normalized spacial score (nSPS) is 10.8. The second-order valence-electron chi connectivity index (χ2n) is 6.54. The minimum atomic E-state index is -0.591. The van der Waals surface area contributed by atoms with Crippen LogP contribution in [0.1, 0.15) is 11.1 Å². The standard InChI is InChI=1S/C24H19N3O6/c28-23(17-32-22-9-5-4-8-21(22)27(30)31)26-25-16-19-10-13-20(14-11-19)33-24(29)15-12-18-6-2-1-3-7-18/h1-16H,17H2,(H,26,28)/b15-12+,25-16-. The van der Waals surface area contributed by atoms with Crippen LogP contribution in [-0.4, -0.2) is 29.6 Å². The highest BCUT2D eigenvalue weighted by Crippen LogP contribution is 2.25. The van der Waals surface area contributed by atoms with Gasteiger partial charge in [-0.05, 0) is 47.5 Å². The molecule has 0 spiro atoms. The molecule has 1 amide bonds. The summed E-state index contributed by atoms with van der Waals surface area (Å²) in [5.41, 5.74) is 3.57. The zero-order valence-electron chi connectivity index (χ0n) is 17.3. The van der Waals surface area contributed by atoms with Crippen LogP contribution in [0.4, 0.5) is 5.69 Å². The van der Waals surface area contributed by atoms with E-state index in [9.17, 15) is 19.7 Å². The maximum absolute atomic E-state index is 11.9. The number of nitrogens with one attached hydrogen (secondary N) is 1. The topological polar surface area (TPSA) is 120 Å². The van der Waals surface area contributed by atoms with Gasteiger partial charge in [-0.25, -0.2) is 10.2 Å². The highest BCUT2D eigenvalue weighted by molar-refractivity contribution is 5.89. The maximum atomic E-state index is 11.9. The number of rotatable bonds is 9. The van der Waals surface area contributed by atoms with Crippen LogP contribution in [0.15, 0.2) is 90.0 Å². The monoisotopic (exact) mass is 445 g/mol. The van der Waals surface area contributed by atoms with Gasteiger partial charge in [-0.3, -0.25) is 14.9 Å². The number of hydrogen-bond acceptors (Lipinski definition) is 7. The van der Waals surface area contributed by atoms with Gasteiger partial charge in [-0.2, -0.15) is 5.10 Å². The molecule has 0 aromatic heterocycles. The van der Waals surface area contributed by atoms with E-state index in [-0.39, 0.29) is 11.4 Å². The molecule has 9 nitrogen and oxygen atoms in total. The molecule has 0 aliphatic rings. The Labute approximate surface area is 189 Å². The Morgan fingerprint density at radius 2 is 1.64 bits per heavy atom. The first kappa shape index (κ1) is 22.9. The van der Waals surface area contributed by atoms with E-state index < -0.39 is 23.4 Å². The zero-order valence-corrected chi connectivity index (χ0v) is 17.3. The van der Waals surface area contributed by atoms with Crippen molar-refractivity contribution in [2.75, 3.05) is 6.61 Å². The minimum Gasteiger partial charge on any atom is -0.477 e. The number of nitrogens with zero attached hydrogens (tertiary/aromatic N) is 2. The van der Waals surface area contributed by atoms with Gasteiger partial charge in [0.05, 0.1) is 11.1 Å². The molecule has 0 radical (unpaired) electrons. The largest absolute Gasteiger partial charge is 0.477 e. The number of para-hydroxylation sites is 2. The van der Waals surface area contributed by atoms with Gasteiger partial charge in [0, 0.05) is 12.1 Å². The lowest BCUT2D eigenvalue weighted by atomic mass is 10.2. The predicted molar refractivity (Wildman–Crippen MR) is 122 cm³/mol. The van der Waals surface area contributed by atoms with E-state index in [0.717, 1.165) is 5.56 Å². The second kappa shape index (κ2) is 11.6. The third-order valence-electron chi connectivity index (χ3n) is 4.13. The number of esters is 1. The first-order chi connectivity index (χ1) is 16.0. The number of carbonyl (C=O) groups is 2. The molecule has 0 aliphatic carbocycles. The van der Waals surface area contributed by atoms with Crippen LogP contribution in [0.5, 0.6) is 11.5 Å². The van der Waals surface area contributed by atoms with E-state index in [1.165, 1.54) is 30.5 Å². The summed E-state index contributed by atoms with van der Waals surface area (Å²) in [7, 11) is 0. The molecule has 3 aromatic rings. The Morgan fingerprint density at radius 1 is 0.939 bits per heavy atom. The molecule has 166 valence electrons. The summed E-state index contributed by atoms with van der Waals surface area (Å²) in [5, 5.41) is 14.7. The lowest BCUT2D eigenvalue weighted by Crippen LogP contribution is -2.24. The van der Waals surface area contributed by atoms with E-state index in [0.29, 0.717) is 11.3 Å². The molecule has 0 saturated heterocycles. The van der Waals surface area contributed by atoms with E-state index in [2.05, 4.69) is 10.5 Å². The molecular formula is C24H19N3O6. The molecule has 3 rings (SSSR count). The number of nitro benzene ring substituents is 1. The van der Waals surface area contributed by atoms with E-state index in [1.807, 2.05) is 30.3 Å². The Morgan fingerprint density at radius 3 is 2.36 bits per heavy atom. The van der Waals surface area contributed by atoms with Gasteiger partial charge in [0.1, 0.15) is 5.75 Å². The zero-order chi connectivity index (χ0) is 23.5. The number of amides is 1. The van der Waals surface area contributed by atoms with Crippen molar-refractivity contribution in [2.24, 2.45) is 5.10 Å². The smallest absolute Gasteiger partial charge is 0.336 e. The number of hydrogen-bond donors (Lipinski definition) is 1. The summed E-state index contributed by atoms with van der Waals surface area (Å²) in [6.45, 7) is -0.437. The molecule has 0 fully saturated rings. The van der Waals surface area contributed by atoms with Crippen LogP contribution in [0, 0.1) is 10.1 Å². The number of hydrazone groups is 1. The molecule has 33 heavy (non-hydrogen) atoms. The highest BCUT2D eigenvalue weighted by atomic mass is 16.6. The summed E-state index contributed by atoms with van der Waals surface area (Å²) >= 11 is 0. The van der Waals surface area contributed by atoms with Gasteiger partial charge < -0.3 is 9.47 Å². The number of carbonyl (C=O) groups excluding carboxylic acids is 2. The van der Waals surface area contributed by atoms with E-state index in [4.69, 9.17) is 9.47 Å². The van der Waals surface area contributed by atoms with Gasteiger partial charge in [-0.1, -0.05) is 42.5 Å². The molecule has 0 heterocycles. The predicted octanol–water partition coefficient (Wildman–Crippen LogP) is 3.74. The van der Waals surface area contributed by atoms with Crippen LogP contribution >= 0.6 is 0 Å². The van der Waals surface area contributed by atoms with Gasteiger partial charge in [0.15, 0.2) is 12.4 Å². The van der Waals surface area contributed by atoms with Crippen molar-refractivity contribution in [3.63, 3.8) is 0 Å². The average molecular weight is 445 g/mol. The fourth-order valence-electron chi connectivity index (χ4n) is 2.58. The van der Waals surface area contributed by atoms with Crippen LogP contribution in [0.25, 0.3) is 6.08 Å². The average Bonchev–Trinajstić information content (AvgIpc) is 2.83. The van der Waals surface area contributed by atoms with Gasteiger partial charge in [0.25, 0.3) is 5.91 Å². The quantitative estimate of drug-likeness (QED) is 0.134. The molecule has 3 aromatic carbocycles. The molecule has 1 N–H and O–H groups in total. The summed E-state index contributed by atoms with van der Waals surface area (Å²) in [5.74, 6) is -0.742. The molecule has 0 atom stereocenters. The van der Waals surface area contributed by atoms with Crippen molar-refractivity contribution < 1.29 is 24.0 Å². The van der Waals surface area contributed by atoms with E-state index >= 15 is 0 Å². The van der Waals surface area contributed by atoms with Crippen molar-refractivity contribution in [1.82, 2.24) is 5.43 Å². The first-order valence-electron chi connectivity index (χ1n) is 9.74. The van der Waals surface area contributed by atoms with Crippen molar-refractivity contribution >= 4 is 29.9 Å². The Hall–Kier alpha value is -4.79. The molecule has 0 bridgehead atoms. The van der Waals surface area contributed by atoms with Crippen molar-refractivity contribution in [3.05, 3.63) is 106 Å². The van der Waals surface area contributed by atoms with Crippen LogP contribution in [-0.2, 0) is 9.59 Å². The van der Waals surface area contributed by atoms with Crippen LogP contribution in [0.2, 0.25) is 0 Å². The second-order valence-corrected chi connectivity index (χ2v) is 6.54. The fourth-order valence-corrected chi connectivity index (χ4v) is 2.58. The highest BCUT2D eigenvalue weighted by Gasteiger charge is 2.14. The Balaban J connectivity index is 1.45. The molecular weight excluding hydrogens is 426 g/mol. The van der Waals surface area contributed by atoms with Gasteiger partial charge in [0.2, 0.25) is 0 Å². The van der Waals surface area contributed by atoms with Crippen molar-refractivity contribution in [1.29, 1.82) is 0 Å². The third kappa shape index (κ3) is 7.44. The summed E-state index contributed by atoms with van der Waals surface area (Å²) in [6.07, 6.45) is 4.39. The SMILES string of the molecule is O=C(COc1ccccc1[N+](=O)[O-])N/N=C\c1ccc(OC(=O)/C=C/c2ccccc2)cc1. The molecule has 0 saturated carbocycles. The number of benzene rings is 3. The number of nitro groups is 1. The lowest BCUT2D eigenvalue weighted by molar-refractivity contribution is -0.385.